The summed E-state index contributed by atoms with van der Waals surface area (Å²) in [6, 6.07) is 10.6. The number of alkyl halides is 3. The highest BCUT2D eigenvalue weighted by Gasteiger charge is 2.30. The number of carbonyl (C=O) groups is 1. The molecule has 2 rings (SSSR count). The van der Waals surface area contributed by atoms with Crippen LogP contribution >= 0.6 is 0 Å². The van der Waals surface area contributed by atoms with E-state index >= 15 is 0 Å². The van der Waals surface area contributed by atoms with Crippen LogP contribution in [0.3, 0.4) is 0 Å². The summed E-state index contributed by atoms with van der Waals surface area (Å²) in [7, 11) is 0. The van der Waals surface area contributed by atoms with E-state index in [1.54, 1.807) is 0 Å². The molecule has 0 radical (unpaired) electrons. The van der Waals surface area contributed by atoms with E-state index in [0.717, 1.165) is 12.1 Å². The summed E-state index contributed by atoms with van der Waals surface area (Å²) in [5.74, 6) is -1.30. The average Bonchev–Trinajstić information content (AvgIpc) is 2.58. The third kappa shape index (κ3) is 7.63. The van der Waals surface area contributed by atoms with Crippen LogP contribution in [0.5, 0.6) is 5.75 Å². The Balaban J connectivity index is 1.79. The smallest absolute Gasteiger partial charge is 0.406 e. The molecule has 2 aromatic rings. The maximum Gasteiger partial charge on any atom is 0.573 e. The summed E-state index contributed by atoms with van der Waals surface area (Å²) in [5.41, 5.74) is 6.53. The van der Waals surface area contributed by atoms with Crippen molar-refractivity contribution in [2.45, 2.75) is 12.9 Å². The Hall–Kier alpha value is -3.30. The number of amides is 1. The maximum absolute atomic E-state index is 13.0. The highest BCUT2D eigenvalue weighted by Crippen LogP contribution is 2.22. The number of rotatable bonds is 6. The van der Waals surface area contributed by atoms with Crippen molar-refractivity contribution in [1.82, 2.24) is 5.32 Å². The highest BCUT2D eigenvalue weighted by atomic mass is 19.4. The normalized spacial score (nSPS) is 11.8. The third-order valence-electron chi connectivity index (χ3n) is 3.13. The molecular formula is C17H16F4N4O2. The van der Waals surface area contributed by atoms with E-state index in [1.165, 1.54) is 36.4 Å². The van der Waals surface area contributed by atoms with Crippen molar-refractivity contribution in [1.29, 1.82) is 0 Å². The topological polar surface area (TPSA) is 88.7 Å². The van der Waals surface area contributed by atoms with E-state index in [0.29, 0.717) is 11.3 Å². The van der Waals surface area contributed by atoms with Crippen molar-refractivity contribution in [2.75, 3.05) is 11.9 Å². The number of hydrogen-bond donors (Lipinski definition) is 3. The van der Waals surface area contributed by atoms with Gasteiger partial charge in [-0.25, -0.2) is 9.38 Å². The molecule has 0 aliphatic rings. The first-order valence-corrected chi connectivity index (χ1v) is 7.65. The Labute approximate surface area is 152 Å². The van der Waals surface area contributed by atoms with Gasteiger partial charge in [0.1, 0.15) is 11.6 Å². The summed E-state index contributed by atoms with van der Waals surface area (Å²) in [6.45, 7) is -0.0964. The minimum atomic E-state index is -4.75. The standard InChI is InChI=1S/C17H16F4N4O2/c18-12-2-1-3-13(8-12)25-15(26)10-24-16(22)23-9-11-4-6-14(7-5-11)27-17(19,20)21/h1-8H,9-10H2,(H,25,26)(H3,22,23,24). The molecule has 4 N–H and O–H groups in total. The average molecular weight is 384 g/mol. The van der Waals surface area contributed by atoms with Gasteiger partial charge >= 0.3 is 6.36 Å². The lowest BCUT2D eigenvalue weighted by molar-refractivity contribution is -0.274. The molecule has 0 heterocycles. The van der Waals surface area contributed by atoms with Crippen molar-refractivity contribution in [3.8, 4) is 5.75 Å². The van der Waals surface area contributed by atoms with Crippen LogP contribution in [0.15, 0.2) is 53.5 Å². The van der Waals surface area contributed by atoms with Crippen LogP contribution in [-0.4, -0.2) is 24.8 Å². The van der Waals surface area contributed by atoms with Gasteiger partial charge in [0.2, 0.25) is 5.91 Å². The van der Waals surface area contributed by atoms with Crippen LogP contribution in [0.25, 0.3) is 0 Å². The van der Waals surface area contributed by atoms with Crippen LogP contribution in [0.2, 0.25) is 0 Å². The van der Waals surface area contributed by atoms with E-state index in [-0.39, 0.29) is 24.8 Å². The van der Waals surface area contributed by atoms with E-state index in [2.05, 4.69) is 20.4 Å². The molecule has 1 amide bonds. The van der Waals surface area contributed by atoms with Crippen LogP contribution in [0, 0.1) is 5.82 Å². The Bertz CT molecular complexity index is 807. The van der Waals surface area contributed by atoms with Gasteiger partial charge < -0.3 is 21.1 Å². The largest absolute Gasteiger partial charge is 0.573 e. The predicted octanol–water partition coefficient (Wildman–Crippen LogP) is 2.77. The maximum atomic E-state index is 13.0. The summed E-state index contributed by atoms with van der Waals surface area (Å²) < 4.78 is 53.0. The zero-order chi connectivity index (χ0) is 19.9. The lowest BCUT2D eigenvalue weighted by atomic mass is 10.2. The third-order valence-corrected chi connectivity index (χ3v) is 3.13. The molecular weight excluding hydrogens is 368 g/mol. The zero-order valence-electron chi connectivity index (χ0n) is 13.9. The molecule has 144 valence electrons. The van der Waals surface area contributed by atoms with Gasteiger partial charge in [0.05, 0.1) is 13.1 Å². The first kappa shape index (κ1) is 20.0. The Morgan fingerprint density at radius 2 is 1.85 bits per heavy atom. The number of aliphatic imine (C=N–C) groups is 1. The molecule has 6 nitrogen and oxygen atoms in total. The van der Waals surface area contributed by atoms with Crippen LogP contribution in [0.1, 0.15) is 5.56 Å². The fraction of sp³-hybridized carbons (Fsp3) is 0.176. The fourth-order valence-corrected chi connectivity index (χ4v) is 1.97. The summed E-state index contributed by atoms with van der Waals surface area (Å²) in [5, 5.41) is 5.06. The molecule has 0 fully saturated rings. The fourth-order valence-electron chi connectivity index (χ4n) is 1.97. The summed E-state index contributed by atoms with van der Waals surface area (Å²) in [6.07, 6.45) is -4.75. The molecule has 0 unspecified atom stereocenters. The number of ether oxygens (including phenoxy) is 1. The van der Waals surface area contributed by atoms with Crippen LogP contribution in [-0.2, 0) is 11.3 Å². The summed E-state index contributed by atoms with van der Waals surface area (Å²) in [4.78, 5) is 15.7. The predicted molar refractivity (Wildman–Crippen MR) is 91.5 cm³/mol. The lowest BCUT2D eigenvalue weighted by Gasteiger charge is -2.09. The van der Waals surface area contributed by atoms with Gasteiger partial charge in [-0.05, 0) is 35.9 Å². The molecule has 0 aromatic heterocycles. The molecule has 0 aliphatic carbocycles. The number of guanidine groups is 1. The first-order chi connectivity index (χ1) is 12.7. The molecule has 2 aromatic carbocycles. The van der Waals surface area contributed by atoms with E-state index in [4.69, 9.17) is 5.73 Å². The van der Waals surface area contributed by atoms with E-state index in [1.807, 2.05) is 0 Å². The molecule has 0 aliphatic heterocycles. The van der Waals surface area contributed by atoms with Crippen molar-refractivity contribution in [3.05, 3.63) is 59.9 Å². The lowest BCUT2D eigenvalue weighted by Crippen LogP contribution is -2.37. The highest BCUT2D eigenvalue weighted by molar-refractivity contribution is 5.94. The zero-order valence-corrected chi connectivity index (χ0v) is 13.9. The van der Waals surface area contributed by atoms with E-state index in [9.17, 15) is 22.4 Å². The molecule has 27 heavy (non-hydrogen) atoms. The van der Waals surface area contributed by atoms with Crippen LogP contribution in [0.4, 0.5) is 23.2 Å². The SMILES string of the molecule is NC(=NCc1ccc(OC(F)(F)F)cc1)NCC(=O)Nc1cccc(F)c1. The monoisotopic (exact) mass is 384 g/mol. The van der Waals surface area contributed by atoms with Gasteiger partial charge in [-0.15, -0.1) is 13.2 Å². The van der Waals surface area contributed by atoms with Gasteiger partial charge in [-0.1, -0.05) is 18.2 Å². The van der Waals surface area contributed by atoms with Crippen molar-refractivity contribution in [3.63, 3.8) is 0 Å². The quantitative estimate of drug-likeness (QED) is 0.406. The van der Waals surface area contributed by atoms with Gasteiger partial charge in [-0.3, -0.25) is 4.79 Å². The Kier molecular flexibility index (Phi) is 6.58. The molecule has 0 saturated heterocycles. The number of halogens is 4. The number of hydrogen-bond acceptors (Lipinski definition) is 3. The number of benzene rings is 2. The molecule has 0 atom stereocenters. The van der Waals surface area contributed by atoms with Gasteiger partial charge in [0, 0.05) is 5.69 Å². The van der Waals surface area contributed by atoms with Crippen molar-refractivity contribution < 1.29 is 27.1 Å². The van der Waals surface area contributed by atoms with E-state index < -0.39 is 18.1 Å². The summed E-state index contributed by atoms with van der Waals surface area (Å²) >= 11 is 0. The Morgan fingerprint density at radius 1 is 1.15 bits per heavy atom. The first-order valence-electron chi connectivity index (χ1n) is 7.65. The van der Waals surface area contributed by atoms with Crippen molar-refractivity contribution >= 4 is 17.6 Å². The molecule has 0 bridgehead atoms. The number of nitrogens with one attached hydrogen (secondary N) is 2. The minimum Gasteiger partial charge on any atom is -0.406 e. The van der Waals surface area contributed by atoms with Crippen molar-refractivity contribution in [2.24, 2.45) is 10.7 Å². The number of carbonyl (C=O) groups excluding carboxylic acids is 1. The van der Waals surface area contributed by atoms with Crippen LogP contribution < -0.4 is 21.1 Å². The molecule has 0 saturated carbocycles. The second-order valence-corrected chi connectivity index (χ2v) is 5.31. The van der Waals surface area contributed by atoms with Gasteiger partial charge in [0.15, 0.2) is 5.96 Å². The second-order valence-electron chi connectivity index (χ2n) is 5.31. The minimum absolute atomic E-state index is 0.0278. The number of anilines is 1. The second kappa shape index (κ2) is 8.88. The van der Waals surface area contributed by atoms with Gasteiger partial charge in [-0.2, -0.15) is 0 Å². The molecule has 0 spiro atoms. The number of nitrogens with zero attached hydrogens (tertiary/aromatic N) is 1. The van der Waals surface area contributed by atoms with Gasteiger partial charge in [0.25, 0.3) is 0 Å². The molecule has 10 heteroatoms. The Morgan fingerprint density at radius 3 is 2.48 bits per heavy atom. The number of nitrogens with two attached hydrogens (primary N) is 1.